The second kappa shape index (κ2) is 4.09. The van der Waals surface area contributed by atoms with Crippen LogP contribution in [-0.4, -0.2) is 19.8 Å². The Morgan fingerprint density at radius 1 is 1.36 bits per heavy atom. The lowest BCUT2D eigenvalue weighted by Gasteiger charge is -2.20. The number of halogens is 4. The van der Waals surface area contributed by atoms with Crippen molar-refractivity contribution in [2.24, 2.45) is 0 Å². The van der Waals surface area contributed by atoms with Gasteiger partial charge >= 0.3 is 6.18 Å². The first-order chi connectivity index (χ1) is 6.38. The van der Waals surface area contributed by atoms with Gasteiger partial charge in [-0.2, -0.15) is 13.2 Å². The second-order valence-electron chi connectivity index (χ2n) is 2.95. The number of alkyl halides is 3. The normalized spacial score (nSPS) is 11.5. The van der Waals surface area contributed by atoms with Gasteiger partial charge in [0.25, 0.3) is 0 Å². The molecule has 0 aliphatic rings. The zero-order valence-electron chi connectivity index (χ0n) is 7.48. The maximum atomic E-state index is 12.0. The van der Waals surface area contributed by atoms with E-state index in [-0.39, 0.29) is 0 Å². The van der Waals surface area contributed by atoms with Crippen LogP contribution in [0.1, 0.15) is 0 Å². The minimum atomic E-state index is -4.20. The van der Waals surface area contributed by atoms with E-state index in [1.165, 1.54) is 13.1 Å². The summed E-state index contributed by atoms with van der Waals surface area (Å²) in [5.41, 5.74) is 0.454. The van der Waals surface area contributed by atoms with Crippen LogP contribution >= 0.6 is 11.6 Å². The van der Waals surface area contributed by atoms with E-state index in [0.29, 0.717) is 10.7 Å². The molecule has 0 heterocycles. The molecule has 0 aliphatic carbocycles. The van der Waals surface area contributed by atoms with Crippen molar-refractivity contribution in [2.75, 3.05) is 18.5 Å². The largest absolute Gasteiger partial charge is 0.405 e. The lowest BCUT2D eigenvalue weighted by atomic mass is 10.3. The molecule has 0 radical (unpaired) electrons. The molecule has 1 aromatic carbocycles. The Morgan fingerprint density at radius 3 is 2.50 bits per heavy atom. The minimum absolute atomic E-state index is 0.427. The average Bonchev–Trinajstić information content (AvgIpc) is 2.01. The van der Waals surface area contributed by atoms with Crippen LogP contribution in [0, 0.1) is 0 Å². The maximum absolute atomic E-state index is 12.0. The maximum Gasteiger partial charge on any atom is 0.405 e. The third kappa shape index (κ3) is 3.46. The molecule has 14 heavy (non-hydrogen) atoms. The van der Waals surface area contributed by atoms with Gasteiger partial charge in [-0.3, -0.25) is 0 Å². The van der Waals surface area contributed by atoms with Crippen LogP contribution < -0.4 is 4.90 Å². The van der Waals surface area contributed by atoms with Crippen molar-refractivity contribution in [1.29, 1.82) is 0 Å². The summed E-state index contributed by atoms with van der Waals surface area (Å²) in [7, 11) is 1.37. The van der Waals surface area contributed by atoms with Crippen LogP contribution in [0.2, 0.25) is 5.02 Å². The average molecular weight is 224 g/mol. The number of hydrogen-bond donors (Lipinski definition) is 0. The summed E-state index contributed by atoms with van der Waals surface area (Å²) in [5.74, 6) is 0. The van der Waals surface area contributed by atoms with E-state index >= 15 is 0 Å². The highest BCUT2D eigenvalue weighted by Crippen LogP contribution is 2.22. The first-order valence-corrected chi connectivity index (χ1v) is 4.30. The third-order valence-electron chi connectivity index (χ3n) is 1.67. The molecule has 0 saturated heterocycles. The number of benzene rings is 1. The molecule has 0 saturated carbocycles. The van der Waals surface area contributed by atoms with Crippen molar-refractivity contribution in [2.45, 2.75) is 6.18 Å². The van der Waals surface area contributed by atoms with Gasteiger partial charge in [-0.1, -0.05) is 17.7 Å². The lowest BCUT2D eigenvalue weighted by molar-refractivity contribution is -0.119. The molecular weight excluding hydrogens is 215 g/mol. The van der Waals surface area contributed by atoms with E-state index in [4.69, 9.17) is 11.6 Å². The van der Waals surface area contributed by atoms with Gasteiger partial charge in [0.1, 0.15) is 6.54 Å². The fourth-order valence-corrected chi connectivity index (χ4v) is 1.26. The molecule has 0 fully saturated rings. The molecule has 1 aromatic rings. The van der Waals surface area contributed by atoms with Gasteiger partial charge in [0.15, 0.2) is 0 Å². The Morgan fingerprint density at radius 2 is 2.00 bits per heavy atom. The molecule has 0 amide bonds. The summed E-state index contributed by atoms with van der Waals surface area (Å²) in [6, 6.07) is 6.31. The van der Waals surface area contributed by atoms with Crippen molar-refractivity contribution in [1.82, 2.24) is 0 Å². The molecule has 0 unspecified atom stereocenters. The van der Waals surface area contributed by atoms with E-state index in [9.17, 15) is 13.2 Å². The van der Waals surface area contributed by atoms with Crippen molar-refractivity contribution >= 4 is 17.3 Å². The first kappa shape index (κ1) is 11.2. The SMILES string of the molecule is CN(CC(F)(F)F)c1cccc(Cl)c1. The molecule has 0 aliphatic heterocycles. The summed E-state index contributed by atoms with van der Waals surface area (Å²) < 4.78 is 36.1. The molecule has 0 aromatic heterocycles. The van der Waals surface area contributed by atoms with Crippen LogP contribution in [0.15, 0.2) is 24.3 Å². The zero-order chi connectivity index (χ0) is 10.8. The Hall–Kier alpha value is -0.900. The topological polar surface area (TPSA) is 3.24 Å². The zero-order valence-corrected chi connectivity index (χ0v) is 8.23. The van der Waals surface area contributed by atoms with Crippen LogP contribution in [0.5, 0.6) is 0 Å². The van der Waals surface area contributed by atoms with Gasteiger partial charge < -0.3 is 4.90 Å². The fraction of sp³-hybridized carbons (Fsp3) is 0.333. The standard InChI is InChI=1S/C9H9ClF3N/c1-14(6-9(11,12)13)8-4-2-3-7(10)5-8/h2-5H,6H2,1H3. The van der Waals surface area contributed by atoms with Crippen molar-refractivity contribution in [3.8, 4) is 0 Å². The van der Waals surface area contributed by atoms with E-state index < -0.39 is 12.7 Å². The van der Waals surface area contributed by atoms with Gasteiger partial charge in [0, 0.05) is 17.8 Å². The predicted molar refractivity (Wildman–Crippen MR) is 50.8 cm³/mol. The number of rotatable bonds is 2. The second-order valence-corrected chi connectivity index (χ2v) is 3.39. The fourth-order valence-electron chi connectivity index (χ4n) is 1.07. The molecule has 0 spiro atoms. The smallest absolute Gasteiger partial charge is 0.366 e. The Labute approximate surface area is 85.1 Å². The summed E-state index contributed by atoms with van der Waals surface area (Å²) in [6.45, 7) is -0.979. The van der Waals surface area contributed by atoms with E-state index in [0.717, 1.165) is 4.90 Å². The van der Waals surface area contributed by atoms with Crippen LogP contribution in [0.4, 0.5) is 18.9 Å². The molecule has 0 N–H and O–H groups in total. The highest BCUT2D eigenvalue weighted by Gasteiger charge is 2.29. The van der Waals surface area contributed by atoms with E-state index in [1.54, 1.807) is 18.2 Å². The molecule has 1 nitrogen and oxygen atoms in total. The molecule has 0 bridgehead atoms. The van der Waals surface area contributed by atoms with Gasteiger partial charge in [-0.15, -0.1) is 0 Å². The monoisotopic (exact) mass is 223 g/mol. The summed E-state index contributed by atoms with van der Waals surface area (Å²) in [5, 5.41) is 0.427. The lowest BCUT2D eigenvalue weighted by Crippen LogP contribution is -2.30. The molecule has 5 heteroatoms. The van der Waals surface area contributed by atoms with Crippen molar-refractivity contribution in [3.05, 3.63) is 29.3 Å². The molecule has 0 atom stereocenters. The van der Waals surface area contributed by atoms with Crippen molar-refractivity contribution in [3.63, 3.8) is 0 Å². The first-order valence-electron chi connectivity index (χ1n) is 3.92. The van der Waals surface area contributed by atoms with Gasteiger partial charge in [0.2, 0.25) is 0 Å². The van der Waals surface area contributed by atoms with E-state index in [1.807, 2.05) is 0 Å². The molecular formula is C9H9ClF3N. The van der Waals surface area contributed by atoms with Crippen molar-refractivity contribution < 1.29 is 13.2 Å². The number of nitrogens with zero attached hydrogens (tertiary/aromatic N) is 1. The molecule has 1 rings (SSSR count). The summed E-state index contributed by atoms with van der Waals surface area (Å²) in [4.78, 5) is 1.10. The Balaban J connectivity index is 2.74. The Kier molecular flexibility index (Phi) is 3.26. The van der Waals surface area contributed by atoms with Gasteiger partial charge in [-0.25, -0.2) is 0 Å². The van der Waals surface area contributed by atoms with Crippen LogP contribution in [-0.2, 0) is 0 Å². The van der Waals surface area contributed by atoms with Gasteiger partial charge in [0.05, 0.1) is 0 Å². The third-order valence-corrected chi connectivity index (χ3v) is 1.90. The number of hydrogen-bond acceptors (Lipinski definition) is 1. The highest BCUT2D eigenvalue weighted by atomic mass is 35.5. The summed E-state index contributed by atoms with van der Waals surface area (Å²) in [6.07, 6.45) is -4.20. The highest BCUT2D eigenvalue weighted by molar-refractivity contribution is 6.30. The van der Waals surface area contributed by atoms with Gasteiger partial charge in [-0.05, 0) is 18.2 Å². The predicted octanol–water partition coefficient (Wildman–Crippen LogP) is 3.34. The van der Waals surface area contributed by atoms with Crippen LogP contribution in [0.3, 0.4) is 0 Å². The quantitative estimate of drug-likeness (QED) is 0.743. The van der Waals surface area contributed by atoms with Crippen LogP contribution in [0.25, 0.3) is 0 Å². The summed E-state index contributed by atoms with van der Waals surface area (Å²) >= 11 is 5.65. The molecule has 78 valence electrons. The Bertz CT molecular complexity index is 311. The minimum Gasteiger partial charge on any atom is -0.366 e. The van der Waals surface area contributed by atoms with E-state index in [2.05, 4.69) is 0 Å². The number of anilines is 1.